The Labute approximate surface area is 350 Å². The summed E-state index contributed by atoms with van der Waals surface area (Å²) < 4.78 is 124. The number of hydrogen-bond acceptors (Lipinski definition) is 2. The summed E-state index contributed by atoms with van der Waals surface area (Å²) in [7, 11) is 0. The molecule has 0 aliphatic carbocycles. The van der Waals surface area contributed by atoms with E-state index in [0.29, 0.717) is 28.1 Å². The molecule has 0 radical (unpaired) electrons. The summed E-state index contributed by atoms with van der Waals surface area (Å²) in [4.78, 5) is 4.01. The molecule has 9 aromatic carbocycles. The minimum atomic E-state index is -0.479. The molecule has 0 heterocycles. The molecule has 2 nitrogen and oxygen atoms in total. The van der Waals surface area contributed by atoms with E-state index in [9.17, 15) is 0 Å². The van der Waals surface area contributed by atoms with Gasteiger partial charge in [-0.25, -0.2) is 0 Å². The van der Waals surface area contributed by atoms with Crippen LogP contribution >= 0.6 is 0 Å². The summed E-state index contributed by atoms with van der Waals surface area (Å²) in [6, 6.07) is 41.0. The third-order valence-electron chi connectivity index (χ3n) is 9.34. The average molecular weight is 732 g/mol. The average Bonchev–Trinajstić information content (AvgIpc) is 3.39. The largest absolute Gasteiger partial charge is 0.311 e. The van der Waals surface area contributed by atoms with Gasteiger partial charge in [0.05, 0.1) is 20.6 Å². The van der Waals surface area contributed by atoms with Crippen LogP contribution in [0.4, 0.5) is 34.1 Å². The maximum atomic E-state index is 8.53. The highest BCUT2D eigenvalue weighted by molar-refractivity contribution is 5.83. The van der Waals surface area contributed by atoms with Crippen LogP contribution in [-0.2, 0) is 0 Å². The van der Waals surface area contributed by atoms with Crippen LogP contribution in [0.5, 0.6) is 0 Å². The highest BCUT2D eigenvalue weighted by Gasteiger charge is 2.16. The van der Waals surface area contributed by atoms with Crippen molar-refractivity contribution in [1.29, 1.82) is 0 Å². The van der Waals surface area contributed by atoms with E-state index in [1.165, 1.54) is 0 Å². The van der Waals surface area contributed by atoms with E-state index in [1.54, 1.807) is 60.7 Å². The number of benzene rings is 9. The Hall–Kier alpha value is -7.42. The molecule has 0 unspecified atom stereocenters. The third-order valence-corrected chi connectivity index (χ3v) is 9.34. The number of anilines is 6. The van der Waals surface area contributed by atoms with Crippen molar-refractivity contribution >= 4 is 34.1 Å². The quantitative estimate of drug-likeness (QED) is 0.138. The molecule has 0 spiro atoms. The lowest BCUT2D eigenvalue weighted by atomic mass is 10.0. The molecule has 0 bridgehead atoms. The molecule has 0 amide bonds. The van der Waals surface area contributed by atoms with Crippen LogP contribution in [0.15, 0.2) is 242 Å². The lowest BCUT2D eigenvalue weighted by Crippen LogP contribution is -2.10. The highest BCUT2D eigenvalue weighted by Crippen LogP contribution is 2.39. The summed E-state index contributed by atoms with van der Waals surface area (Å²) in [5.41, 5.74) is 8.01. The van der Waals surface area contributed by atoms with Gasteiger partial charge in [-0.05, 0) is 117 Å². The van der Waals surface area contributed by atoms with Gasteiger partial charge in [0, 0.05) is 34.1 Å². The first-order chi connectivity index (χ1) is 34.0. The van der Waals surface area contributed by atoms with Gasteiger partial charge in [-0.15, -0.1) is 0 Å². The SMILES string of the molecule is [2H]c1c([2H])c([2H])c(-c2ccc(N(c3ccccc3)c3ccc(-c4ccc(N(c5ccc(-c6c([2H])c([2H])c([2H])c([2H])c6[2H])cc5)c5ccc(-c6c([2H])c([2H])c([2H])c([2H])c6[2H])cc5)cc4)cc3)cc2)c([2H])c1[2H]. The lowest BCUT2D eigenvalue weighted by Gasteiger charge is -2.26. The first-order valence-corrected chi connectivity index (χ1v) is 17.9. The van der Waals surface area contributed by atoms with Crippen LogP contribution in [0.25, 0.3) is 44.5 Å². The standard InChI is InChI=1S/C54H40N2/c1-5-13-41(14-6-1)44-21-31-50(32-22-44)55(49-19-11-4-12-20-49)51-37-27-47(28-38-51)48-29-39-54(40-30-48)56(52-33-23-45(24-34-52)42-15-7-2-8-16-42)53-35-25-46(26-36-53)43-17-9-3-10-18-43/h1-40H/i1D,2D,3D,5D,6D,7D,8D,9D,10D,13D,14D,15D,16D,17D,18D. The van der Waals surface area contributed by atoms with Crippen molar-refractivity contribution in [2.24, 2.45) is 0 Å². The second-order valence-corrected chi connectivity index (χ2v) is 12.7. The zero-order valence-corrected chi connectivity index (χ0v) is 29.8. The topological polar surface area (TPSA) is 6.48 Å². The number of hydrogen-bond donors (Lipinski definition) is 0. The van der Waals surface area contributed by atoms with Crippen LogP contribution in [0.1, 0.15) is 20.6 Å². The van der Waals surface area contributed by atoms with Gasteiger partial charge in [-0.2, -0.15) is 0 Å². The molecule has 9 aromatic rings. The minimum absolute atomic E-state index is 0.0735. The second kappa shape index (κ2) is 15.9. The van der Waals surface area contributed by atoms with Crippen molar-refractivity contribution in [3.8, 4) is 44.5 Å². The fourth-order valence-corrected chi connectivity index (χ4v) is 6.59. The normalized spacial score (nSPS) is 14.6. The lowest BCUT2D eigenvalue weighted by molar-refractivity contribution is 1.28. The van der Waals surface area contributed by atoms with Gasteiger partial charge in [0.1, 0.15) is 0 Å². The molecule has 266 valence electrons. The molecule has 0 aliphatic rings. The molecule has 0 saturated carbocycles. The molecule has 0 aromatic heterocycles. The minimum Gasteiger partial charge on any atom is -0.311 e. The first-order valence-electron chi connectivity index (χ1n) is 25.4. The summed E-state index contributed by atoms with van der Waals surface area (Å²) in [5.74, 6) is 0. The first kappa shape index (κ1) is 21.5. The van der Waals surface area contributed by atoms with Crippen molar-refractivity contribution in [3.63, 3.8) is 0 Å². The van der Waals surface area contributed by atoms with Crippen LogP contribution in [0, 0.1) is 0 Å². The Kier molecular flexibility index (Phi) is 6.09. The third kappa shape index (κ3) is 7.37. The van der Waals surface area contributed by atoms with E-state index in [2.05, 4.69) is 4.90 Å². The molecule has 0 atom stereocenters. The number of para-hydroxylation sites is 1. The monoisotopic (exact) mass is 731 g/mol. The van der Waals surface area contributed by atoms with Crippen molar-refractivity contribution in [2.45, 2.75) is 0 Å². The maximum absolute atomic E-state index is 8.53. The Morgan fingerprint density at radius 2 is 0.429 bits per heavy atom. The highest BCUT2D eigenvalue weighted by atomic mass is 15.1. The zero-order valence-electron chi connectivity index (χ0n) is 44.8. The number of nitrogens with zero attached hydrogens (tertiary/aromatic N) is 2. The zero-order chi connectivity index (χ0) is 50.6. The maximum Gasteiger partial charge on any atom is 0.0629 e. The van der Waals surface area contributed by atoms with E-state index >= 15 is 0 Å². The molecule has 56 heavy (non-hydrogen) atoms. The van der Waals surface area contributed by atoms with Crippen LogP contribution in [0.2, 0.25) is 0 Å². The Morgan fingerprint density at radius 1 is 0.214 bits per heavy atom. The number of rotatable bonds is 10. The molecule has 2 heteroatoms. The smallest absolute Gasteiger partial charge is 0.0629 e. The fourth-order valence-electron chi connectivity index (χ4n) is 6.59. The molecule has 0 fully saturated rings. The Morgan fingerprint density at radius 3 is 0.679 bits per heavy atom. The molecular weight excluding hydrogens is 677 g/mol. The summed E-state index contributed by atoms with van der Waals surface area (Å²) in [6.45, 7) is 0. The van der Waals surface area contributed by atoms with E-state index in [-0.39, 0.29) is 52.9 Å². The van der Waals surface area contributed by atoms with E-state index in [4.69, 9.17) is 20.6 Å². The van der Waals surface area contributed by atoms with Gasteiger partial charge < -0.3 is 9.80 Å². The van der Waals surface area contributed by atoms with Gasteiger partial charge in [0.25, 0.3) is 0 Å². The van der Waals surface area contributed by atoms with E-state index in [1.807, 2.05) is 95.9 Å². The van der Waals surface area contributed by atoms with Gasteiger partial charge in [0.15, 0.2) is 0 Å². The van der Waals surface area contributed by atoms with Crippen LogP contribution in [0.3, 0.4) is 0 Å². The fraction of sp³-hybridized carbons (Fsp3) is 0. The molecule has 0 N–H and O–H groups in total. The van der Waals surface area contributed by atoms with Crippen LogP contribution < -0.4 is 9.80 Å². The summed E-state index contributed by atoms with van der Waals surface area (Å²) in [6.07, 6.45) is 0. The molecule has 9 rings (SSSR count). The Balaban J connectivity index is 1.06. The molecule has 0 saturated heterocycles. The van der Waals surface area contributed by atoms with Gasteiger partial charge in [-0.1, -0.05) is 169 Å². The Bertz CT molecular complexity index is 3300. The predicted octanol–water partition coefficient (Wildman–Crippen LogP) is 15.3. The van der Waals surface area contributed by atoms with Crippen molar-refractivity contribution in [2.75, 3.05) is 9.80 Å². The van der Waals surface area contributed by atoms with Crippen molar-refractivity contribution < 1.29 is 20.6 Å². The van der Waals surface area contributed by atoms with Gasteiger partial charge in [0.2, 0.25) is 0 Å². The van der Waals surface area contributed by atoms with Crippen LogP contribution in [-0.4, -0.2) is 0 Å². The van der Waals surface area contributed by atoms with Crippen molar-refractivity contribution in [1.82, 2.24) is 0 Å². The summed E-state index contributed by atoms with van der Waals surface area (Å²) in [5, 5.41) is 0. The van der Waals surface area contributed by atoms with Crippen molar-refractivity contribution in [3.05, 3.63) is 242 Å². The second-order valence-electron chi connectivity index (χ2n) is 12.7. The predicted molar refractivity (Wildman–Crippen MR) is 238 cm³/mol. The molecular formula is C54H40N2. The molecule has 0 aliphatic heterocycles. The van der Waals surface area contributed by atoms with Gasteiger partial charge in [-0.3, -0.25) is 0 Å². The van der Waals surface area contributed by atoms with Gasteiger partial charge >= 0.3 is 0 Å². The van der Waals surface area contributed by atoms with E-state index < -0.39 is 54.4 Å². The van der Waals surface area contributed by atoms with E-state index in [0.717, 1.165) is 33.9 Å². The summed E-state index contributed by atoms with van der Waals surface area (Å²) >= 11 is 0.